The van der Waals surface area contributed by atoms with Crippen molar-refractivity contribution in [3.05, 3.63) is 0 Å². The van der Waals surface area contributed by atoms with Gasteiger partial charge in [0.15, 0.2) is 0 Å². The van der Waals surface area contributed by atoms with Gasteiger partial charge in [-0.15, -0.1) is 0 Å². The molecule has 0 aliphatic carbocycles. The van der Waals surface area contributed by atoms with Crippen molar-refractivity contribution >= 4 is 0 Å². The number of hydrogen-bond acceptors (Lipinski definition) is 0. The SMILES string of the molecule is CC(C)CC(C)(C(C)C)C(C)C.[HH]. The van der Waals surface area contributed by atoms with Gasteiger partial charge in [0.05, 0.1) is 0 Å². The second-order valence-electron chi connectivity index (χ2n) is 5.41. The number of rotatable bonds is 4. The van der Waals surface area contributed by atoms with E-state index in [1.165, 1.54) is 6.42 Å². The lowest BCUT2D eigenvalue weighted by molar-refractivity contribution is 0.104. The third-order valence-corrected chi connectivity index (χ3v) is 3.49. The van der Waals surface area contributed by atoms with Crippen LogP contribution in [0.15, 0.2) is 0 Å². The summed E-state index contributed by atoms with van der Waals surface area (Å²) in [5.74, 6) is 2.40. The first-order chi connectivity index (χ1) is 5.30. The van der Waals surface area contributed by atoms with Gasteiger partial charge in [-0.1, -0.05) is 48.5 Å². The molecule has 0 amide bonds. The van der Waals surface area contributed by atoms with Gasteiger partial charge in [-0.05, 0) is 29.6 Å². The van der Waals surface area contributed by atoms with Crippen molar-refractivity contribution in [1.29, 1.82) is 0 Å². The Morgan fingerprint density at radius 2 is 1.25 bits per heavy atom. The minimum Gasteiger partial charge on any atom is -0.0628 e. The van der Waals surface area contributed by atoms with Crippen molar-refractivity contribution in [2.75, 3.05) is 0 Å². The molecule has 0 saturated heterocycles. The Labute approximate surface area is 80.2 Å². The maximum Gasteiger partial charge on any atom is 0 e. The summed E-state index contributed by atoms with van der Waals surface area (Å²) in [5, 5.41) is 0. The molecule has 0 aliphatic heterocycles. The van der Waals surface area contributed by atoms with Crippen LogP contribution in [0.1, 0.15) is 56.3 Å². The van der Waals surface area contributed by atoms with Crippen molar-refractivity contribution < 1.29 is 1.43 Å². The topological polar surface area (TPSA) is 0 Å². The lowest BCUT2D eigenvalue weighted by atomic mass is 9.66. The van der Waals surface area contributed by atoms with Gasteiger partial charge in [-0.25, -0.2) is 0 Å². The van der Waals surface area contributed by atoms with Crippen molar-refractivity contribution in [3.8, 4) is 0 Å². The van der Waals surface area contributed by atoms with Crippen LogP contribution in [-0.2, 0) is 0 Å². The zero-order chi connectivity index (χ0) is 9.94. The molecule has 0 saturated carbocycles. The van der Waals surface area contributed by atoms with Crippen molar-refractivity contribution in [1.82, 2.24) is 0 Å². The molecular weight excluding hydrogens is 144 g/mol. The highest BCUT2D eigenvalue weighted by atomic mass is 14.4. The molecule has 0 aliphatic rings. The molecule has 0 nitrogen and oxygen atoms in total. The molecule has 0 unspecified atom stereocenters. The molecule has 0 bridgehead atoms. The van der Waals surface area contributed by atoms with E-state index in [0.29, 0.717) is 5.41 Å². The largest absolute Gasteiger partial charge is 0.0628 e. The Kier molecular flexibility index (Phi) is 4.30. The average Bonchev–Trinajstić information content (AvgIpc) is 1.84. The van der Waals surface area contributed by atoms with Gasteiger partial charge >= 0.3 is 0 Å². The molecule has 0 fully saturated rings. The van der Waals surface area contributed by atoms with Crippen LogP contribution in [0, 0.1) is 23.2 Å². The van der Waals surface area contributed by atoms with Crippen LogP contribution in [0.3, 0.4) is 0 Å². The van der Waals surface area contributed by atoms with Crippen LogP contribution >= 0.6 is 0 Å². The Hall–Kier alpha value is 0. The van der Waals surface area contributed by atoms with E-state index in [9.17, 15) is 0 Å². The summed E-state index contributed by atoms with van der Waals surface area (Å²) in [6.45, 7) is 16.5. The van der Waals surface area contributed by atoms with Crippen LogP contribution in [0.2, 0.25) is 0 Å². The zero-order valence-corrected chi connectivity index (χ0v) is 9.94. The van der Waals surface area contributed by atoms with Crippen molar-refractivity contribution in [2.24, 2.45) is 23.2 Å². The van der Waals surface area contributed by atoms with E-state index in [1.54, 1.807) is 0 Å². The quantitative estimate of drug-likeness (QED) is 0.581. The normalized spacial score (nSPS) is 13.5. The van der Waals surface area contributed by atoms with Gasteiger partial charge in [0.25, 0.3) is 0 Å². The Bertz CT molecular complexity index is 117. The monoisotopic (exact) mass is 172 g/mol. The van der Waals surface area contributed by atoms with Gasteiger partial charge in [0.2, 0.25) is 0 Å². The summed E-state index contributed by atoms with van der Waals surface area (Å²) in [7, 11) is 0. The standard InChI is InChI=1S/C12H26.H2/c1-9(2)8-12(7,10(3)4)11(5)6;/h9-11H,8H2,1-7H3;1H. The van der Waals surface area contributed by atoms with E-state index in [4.69, 9.17) is 0 Å². The maximum absolute atomic E-state index is 2.43. The van der Waals surface area contributed by atoms with Gasteiger partial charge in [-0.3, -0.25) is 0 Å². The highest BCUT2D eigenvalue weighted by Crippen LogP contribution is 2.40. The van der Waals surface area contributed by atoms with Crippen LogP contribution in [0.4, 0.5) is 0 Å². The first-order valence-electron chi connectivity index (χ1n) is 5.30. The van der Waals surface area contributed by atoms with E-state index < -0.39 is 0 Å². The maximum atomic E-state index is 2.43. The minimum absolute atomic E-state index is 0. The van der Waals surface area contributed by atoms with Gasteiger partial charge in [-0.2, -0.15) is 0 Å². The molecule has 0 atom stereocenters. The smallest absolute Gasteiger partial charge is 0 e. The van der Waals surface area contributed by atoms with Crippen LogP contribution in [-0.4, -0.2) is 0 Å². The molecule has 0 heterocycles. The fourth-order valence-electron chi connectivity index (χ4n) is 2.02. The highest BCUT2D eigenvalue weighted by molar-refractivity contribution is 4.81. The molecule has 12 heavy (non-hydrogen) atoms. The summed E-state index contributed by atoms with van der Waals surface area (Å²) in [6.07, 6.45) is 1.35. The number of hydrogen-bond donors (Lipinski definition) is 0. The highest BCUT2D eigenvalue weighted by Gasteiger charge is 2.32. The second kappa shape index (κ2) is 4.30. The van der Waals surface area contributed by atoms with Gasteiger partial charge in [0, 0.05) is 1.43 Å². The molecule has 76 valence electrons. The average molecular weight is 172 g/mol. The molecule has 0 aromatic carbocycles. The predicted octanol–water partition coefficient (Wildman–Crippen LogP) is 4.60. The molecule has 0 aromatic rings. The van der Waals surface area contributed by atoms with E-state index in [0.717, 1.165) is 17.8 Å². The molecule has 0 aromatic heterocycles. The van der Waals surface area contributed by atoms with Crippen molar-refractivity contribution in [2.45, 2.75) is 54.9 Å². The molecule has 0 N–H and O–H groups in total. The first kappa shape index (κ1) is 12.0. The van der Waals surface area contributed by atoms with Crippen molar-refractivity contribution in [3.63, 3.8) is 0 Å². The fraction of sp³-hybridized carbons (Fsp3) is 1.00. The van der Waals surface area contributed by atoms with E-state index >= 15 is 0 Å². The molecular formula is C12H28. The molecule has 0 rings (SSSR count). The summed E-state index contributed by atoms with van der Waals surface area (Å²) in [5.41, 5.74) is 0.522. The molecule has 0 radical (unpaired) electrons. The van der Waals surface area contributed by atoms with E-state index in [1.807, 2.05) is 0 Å². The van der Waals surface area contributed by atoms with Gasteiger partial charge in [0.1, 0.15) is 0 Å². The van der Waals surface area contributed by atoms with Crippen LogP contribution in [0.5, 0.6) is 0 Å². The lowest BCUT2D eigenvalue weighted by Gasteiger charge is -2.39. The van der Waals surface area contributed by atoms with Crippen LogP contribution in [0.25, 0.3) is 0 Å². The van der Waals surface area contributed by atoms with E-state index in [-0.39, 0.29) is 1.43 Å². The Morgan fingerprint density at radius 3 is 1.33 bits per heavy atom. The predicted molar refractivity (Wildman–Crippen MR) is 59.4 cm³/mol. The zero-order valence-electron chi connectivity index (χ0n) is 9.94. The summed E-state index contributed by atoms with van der Waals surface area (Å²) >= 11 is 0. The minimum atomic E-state index is 0. The summed E-state index contributed by atoms with van der Waals surface area (Å²) in [6, 6.07) is 0. The molecule has 0 spiro atoms. The van der Waals surface area contributed by atoms with Gasteiger partial charge < -0.3 is 0 Å². The Balaban J connectivity index is 0. The lowest BCUT2D eigenvalue weighted by Crippen LogP contribution is -2.31. The van der Waals surface area contributed by atoms with Crippen LogP contribution < -0.4 is 0 Å². The first-order valence-corrected chi connectivity index (χ1v) is 5.30. The molecule has 0 heteroatoms. The Morgan fingerprint density at radius 1 is 0.917 bits per heavy atom. The second-order valence-corrected chi connectivity index (χ2v) is 5.41. The van der Waals surface area contributed by atoms with E-state index in [2.05, 4.69) is 48.5 Å². The summed E-state index contributed by atoms with van der Waals surface area (Å²) < 4.78 is 0. The summed E-state index contributed by atoms with van der Waals surface area (Å²) in [4.78, 5) is 0. The third kappa shape index (κ3) is 2.80. The fourth-order valence-corrected chi connectivity index (χ4v) is 2.02. The third-order valence-electron chi connectivity index (χ3n) is 3.49.